The predicted octanol–water partition coefficient (Wildman–Crippen LogP) is 4.42. The maximum atomic E-state index is 6.38. The van der Waals surface area contributed by atoms with Crippen LogP contribution in [0.15, 0.2) is 42.6 Å². The van der Waals surface area contributed by atoms with E-state index in [1.807, 2.05) is 41.2 Å². The summed E-state index contributed by atoms with van der Waals surface area (Å²) >= 11 is 6.38. The molecule has 1 N–H and O–H groups in total. The lowest BCUT2D eigenvalue weighted by Gasteiger charge is -2.15. The van der Waals surface area contributed by atoms with Gasteiger partial charge in [-0.15, -0.1) is 0 Å². The monoisotopic (exact) mass is 399 g/mol. The molecule has 0 fully saturated rings. The fraction of sp³-hybridized carbons (Fsp3) is 0.286. The molecule has 0 radical (unpaired) electrons. The standard InChI is InChI=1S/C21H22ClN3O3/c1-13(23-10-15-8-20-21(9-19(15)22)28-12-27-20)18-11-24-25(14(18)2)16-4-6-17(26-3)7-5-16/h4-9,11,13,23H,10,12H2,1-3H3. The van der Waals surface area contributed by atoms with Crippen molar-refractivity contribution in [3.63, 3.8) is 0 Å². The van der Waals surface area contributed by atoms with Crippen LogP contribution in [0.3, 0.4) is 0 Å². The predicted molar refractivity (Wildman–Crippen MR) is 108 cm³/mol. The Bertz CT molecular complexity index is 985. The minimum Gasteiger partial charge on any atom is -0.497 e. The molecular formula is C21H22ClN3O3. The molecule has 0 spiro atoms. The SMILES string of the molecule is COc1ccc(-n2ncc(C(C)NCc3cc4c(cc3Cl)OCO4)c2C)cc1. The zero-order valence-corrected chi connectivity index (χ0v) is 16.8. The summed E-state index contributed by atoms with van der Waals surface area (Å²) in [6.45, 7) is 5.04. The van der Waals surface area contributed by atoms with E-state index in [0.717, 1.165) is 34.0 Å². The van der Waals surface area contributed by atoms with Crippen molar-refractivity contribution in [2.24, 2.45) is 0 Å². The van der Waals surface area contributed by atoms with Crippen molar-refractivity contribution in [1.29, 1.82) is 0 Å². The second kappa shape index (κ2) is 7.73. The van der Waals surface area contributed by atoms with E-state index in [-0.39, 0.29) is 12.8 Å². The van der Waals surface area contributed by atoms with Crippen LogP contribution in [0.25, 0.3) is 5.69 Å². The van der Waals surface area contributed by atoms with E-state index in [9.17, 15) is 0 Å². The minimum absolute atomic E-state index is 0.105. The summed E-state index contributed by atoms with van der Waals surface area (Å²) < 4.78 is 18.0. The Balaban J connectivity index is 1.48. The summed E-state index contributed by atoms with van der Waals surface area (Å²) in [5, 5.41) is 8.73. The molecule has 1 aromatic heterocycles. The normalized spacial score (nSPS) is 13.6. The molecule has 1 atom stereocenters. The second-order valence-corrected chi connectivity index (χ2v) is 7.10. The van der Waals surface area contributed by atoms with Gasteiger partial charge in [0, 0.05) is 34.9 Å². The van der Waals surface area contributed by atoms with Gasteiger partial charge in [-0.3, -0.25) is 0 Å². The number of nitrogens with zero attached hydrogens (tertiary/aromatic N) is 2. The van der Waals surface area contributed by atoms with Crippen molar-refractivity contribution in [1.82, 2.24) is 15.1 Å². The highest BCUT2D eigenvalue weighted by molar-refractivity contribution is 6.31. The van der Waals surface area contributed by atoms with Gasteiger partial charge in [-0.05, 0) is 49.7 Å². The Hall–Kier alpha value is -2.70. The van der Waals surface area contributed by atoms with E-state index >= 15 is 0 Å². The summed E-state index contributed by atoms with van der Waals surface area (Å²) in [5.74, 6) is 2.25. The van der Waals surface area contributed by atoms with Crippen LogP contribution in [0.4, 0.5) is 0 Å². The summed E-state index contributed by atoms with van der Waals surface area (Å²) in [6.07, 6.45) is 1.90. The maximum absolute atomic E-state index is 6.38. The van der Waals surface area contributed by atoms with Gasteiger partial charge in [0.15, 0.2) is 11.5 Å². The molecule has 0 aliphatic carbocycles. The van der Waals surface area contributed by atoms with Crippen LogP contribution in [0.1, 0.15) is 29.8 Å². The molecule has 1 aliphatic heterocycles. The molecule has 0 amide bonds. The first kappa shape index (κ1) is 18.7. The molecule has 7 heteroatoms. The molecule has 1 aliphatic rings. The van der Waals surface area contributed by atoms with Gasteiger partial charge < -0.3 is 19.5 Å². The minimum atomic E-state index is 0.105. The molecule has 0 bridgehead atoms. The molecule has 0 saturated heterocycles. The zero-order chi connectivity index (χ0) is 19.7. The average Bonchev–Trinajstić information content (AvgIpc) is 3.32. The fourth-order valence-corrected chi connectivity index (χ4v) is 3.52. The maximum Gasteiger partial charge on any atom is 0.231 e. The van der Waals surface area contributed by atoms with Crippen LogP contribution >= 0.6 is 11.6 Å². The van der Waals surface area contributed by atoms with Crippen molar-refractivity contribution in [3.05, 3.63) is 64.4 Å². The number of fused-ring (bicyclic) bond motifs is 1. The second-order valence-electron chi connectivity index (χ2n) is 6.69. The van der Waals surface area contributed by atoms with E-state index < -0.39 is 0 Å². The third-order valence-electron chi connectivity index (χ3n) is 4.97. The van der Waals surface area contributed by atoms with Gasteiger partial charge >= 0.3 is 0 Å². The van der Waals surface area contributed by atoms with Gasteiger partial charge in [0.05, 0.1) is 19.0 Å². The van der Waals surface area contributed by atoms with Gasteiger partial charge in [-0.2, -0.15) is 5.10 Å². The number of halogens is 1. The number of hydrogen-bond donors (Lipinski definition) is 1. The van der Waals surface area contributed by atoms with Crippen LogP contribution < -0.4 is 19.5 Å². The number of aromatic nitrogens is 2. The summed E-state index contributed by atoms with van der Waals surface area (Å²) in [4.78, 5) is 0. The Labute approximate surface area is 169 Å². The highest BCUT2D eigenvalue weighted by Crippen LogP contribution is 2.37. The number of nitrogens with one attached hydrogen (secondary N) is 1. The zero-order valence-electron chi connectivity index (χ0n) is 16.0. The molecule has 2 aromatic carbocycles. The van der Waals surface area contributed by atoms with Crippen molar-refractivity contribution in [3.8, 4) is 22.9 Å². The topological polar surface area (TPSA) is 57.5 Å². The summed E-state index contributed by atoms with van der Waals surface area (Å²) in [6, 6.07) is 11.7. The van der Waals surface area contributed by atoms with Crippen molar-refractivity contribution < 1.29 is 14.2 Å². The number of methoxy groups -OCH3 is 1. The Morgan fingerprint density at radius 1 is 1.21 bits per heavy atom. The number of benzene rings is 2. The molecule has 1 unspecified atom stereocenters. The van der Waals surface area contributed by atoms with E-state index in [1.54, 1.807) is 13.2 Å². The lowest BCUT2D eigenvalue weighted by molar-refractivity contribution is 0.174. The molecule has 4 rings (SSSR count). The fourth-order valence-electron chi connectivity index (χ4n) is 3.30. The molecule has 146 valence electrons. The average molecular weight is 400 g/mol. The summed E-state index contributed by atoms with van der Waals surface area (Å²) in [5.41, 5.74) is 4.18. The van der Waals surface area contributed by atoms with Crippen LogP contribution in [0.2, 0.25) is 5.02 Å². The third-order valence-corrected chi connectivity index (χ3v) is 5.32. The van der Waals surface area contributed by atoms with Gasteiger partial charge in [-0.25, -0.2) is 4.68 Å². The van der Waals surface area contributed by atoms with Crippen LogP contribution in [0, 0.1) is 6.92 Å². The largest absolute Gasteiger partial charge is 0.497 e. The molecular weight excluding hydrogens is 378 g/mol. The van der Waals surface area contributed by atoms with E-state index in [0.29, 0.717) is 17.3 Å². The third kappa shape index (κ3) is 3.53. The first-order chi connectivity index (χ1) is 13.6. The molecule has 2 heterocycles. The molecule has 6 nitrogen and oxygen atoms in total. The highest BCUT2D eigenvalue weighted by Gasteiger charge is 2.18. The first-order valence-electron chi connectivity index (χ1n) is 9.07. The molecule has 0 saturated carbocycles. The quantitative estimate of drug-likeness (QED) is 0.664. The molecule has 3 aromatic rings. The lowest BCUT2D eigenvalue weighted by atomic mass is 10.1. The number of rotatable bonds is 6. The van der Waals surface area contributed by atoms with Crippen LogP contribution in [0.5, 0.6) is 17.2 Å². The highest BCUT2D eigenvalue weighted by atomic mass is 35.5. The van der Waals surface area contributed by atoms with E-state index in [4.69, 9.17) is 25.8 Å². The lowest BCUT2D eigenvalue weighted by Crippen LogP contribution is -2.19. The number of hydrogen-bond acceptors (Lipinski definition) is 5. The van der Waals surface area contributed by atoms with Gasteiger partial charge in [-0.1, -0.05) is 11.6 Å². The van der Waals surface area contributed by atoms with Crippen LogP contribution in [-0.2, 0) is 6.54 Å². The van der Waals surface area contributed by atoms with Crippen molar-refractivity contribution in [2.75, 3.05) is 13.9 Å². The van der Waals surface area contributed by atoms with E-state index in [1.165, 1.54) is 0 Å². The van der Waals surface area contributed by atoms with Crippen LogP contribution in [-0.4, -0.2) is 23.7 Å². The number of ether oxygens (including phenoxy) is 3. The smallest absolute Gasteiger partial charge is 0.231 e. The Morgan fingerprint density at radius 2 is 1.93 bits per heavy atom. The van der Waals surface area contributed by atoms with Gasteiger partial charge in [0.1, 0.15) is 5.75 Å². The van der Waals surface area contributed by atoms with Gasteiger partial charge in [0.25, 0.3) is 0 Å². The Kier molecular flexibility index (Phi) is 5.15. The van der Waals surface area contributed by atoms with E-state index in [2.05, 4.69) is 24.3 Å². The first-order valence-corrected chi connectivity index (χ1v) is 9.45. The van der Waals surface area contributed by atoms with Crippen molar-refractivity contribution in [2.45, 2.75) is 26.4 Å². The van der Waals surface area contributed by atoms with Crippen molar-refractivity contribution >= 4 is 11.6 Å². The molecule has 28 heavy (non-hydrogen) atoms. The van der Waals surface area contributed by atoms with Gasteiger partial charge in [0.2, 0.25) is 6.79 Å². The summed E-state index contributed by atoms with van der Waals surface area (Å²) in [7, 11) is 1.66. The Morgan fingerprint density at radius 3 is 2.64 bits per heavy atom.